The Morgan fingerprint density at radius 2 is 2.06 bits per heavy atom. The van der Waals surface area contributed by atoms with Crippen molar-refractivity contribution in [2.75, 3.05) is 13.2 Å². The molecule has 0 spiro atoms. The highest BCUT2D eigenvalue weighted by molar-refractivity contribution is 9.11. The van der Waals surface area contributed by atoms with Gasteiger partial charge in [0, 0.05) is 27.5 Å². The van der Waals surface area contributed by atoms with Gasteiger partial charge in [0.05, 0.1) is 5.56 Å². The summed E-state index contributed by atoms with van der Waals surface area (Å²) in [6, 6.07) is 5.43. The first-order valence-corrected chi connectivity index (χ1v) is 6.78. The SMILES string of the molecule is CC(C)(CO)CNC(=O)c1cc(Br)ccc1Br. The lowest BCUT2D eigenvalue weighted by Gasteiger charge is -2.22. The molecule has 1 rings (SSSR count). The molecule has 5 heteroatoms. The van der Waals surface area contributed by atoms with Gasteiger partial charge in [-0.3, -0.25) is 4.79 Å². The highest BCUT2D eigenvalue weighted by Crippen LogP contribution is 2.21. The summed E-state index contributed by atoms with van der Waals surface area (Å²) in [6.07, 6.45) is 0. The second kappa shape index (κ2) is 5.98. The highest BCUT2D eigenvalue weighted by Gasteiger charge is 2.18. The van der Waals surface area contributed by atoms with E-state index in [1.54, 1.807) is 6.07 Å². The Morgan fingerprint density at radius 3 is 2.65 bits per heavy atom. The maximum Gasteiger partial charge on any atom is 0.252 e. The van der Waals surface area contributed by atoms with E-state index in [4.69, 9.17) is 5.11 Å². The van der Waals surface area contributed by atoms with Gasteiger partial charge in [0.2, 0.25) is 0 Å². The Morgan fingerprint density at radius 1 is 1.41 bits per heavy atom. The van der Waals surface area contributed by atoms with Crippen molar-refractivity contribution in [2.24, 2.45) is 5.41 Å². The van der Waals surface area contributed by atoms with Gasteiger partial charge in [0.1, 0.15) is 0 Å². The van der Waals surface area contributed by atoms with Gasteiger partial charge < -0.3 is 10.4 Å². The molecular formula is C12H15Br2NO2. The molecule has 94 valence electrons. The van der Waals surface area contributed by atoms with Gasteiger partial charge in [-0.15, -0.1) is 0 Å². The highest BCUT2D eigenvalue weighted by atomic mass is 79.9. The van der Waals surface area contributed by atoms with E-state index in [0.29, 0.717) is 12.1 Å². The number of halogens is 2. The molecule has 17 heavy (non-hydrogen) atoms. The van der Waals surface area contributed by atoms with Crippen molar-refractivity contribution in [1.82, 2.24) is 5.32 Å². The average Bonchev–Trinajstić information content (AvgIpc) is 2.29. The number of benzene rings is 1. The zero-order valence-electron chi connectivity index (χ0n) is 9.76. The number of hydrogen-bond acceptors (Lipinski definition) is 2. The Kier molecular flexibility index (Phi) is 5.16. The molecule has 1 amide bonds. The van der Waals surface area contributed by atoms with E-state index in [1.807, 2.05) is 26.0 Å². The van der Waals surface area contributed by atoms with Crippen molar-refractivity contribution in [1.29, 1.82) is 0 Å². The molecule has 2 N–H and O–H groups in total. The molecular weight excluding hydrogens is 350 g/mol. The zero-order valence-corrected chi connectivity index (χ0v) is 12.9. The molecule has 0 aromatic heterocycles. The minimum atomic E-state index is -0.311. The minimum absolute atomic E-state index is 0.0347. The van der Waals surface area contributed by atoms with Crippen LogP contribution in [0.5, 0.6) is 0 Å². The molecule has 3 nitrogen and oxygen atoms in total. The summed E-state index contributed by atoms with van der Waals surface area (Å²) in [6.45, 7) is 4.25. The molecule has 1 aromatic rings. The largest absolute Gasteiger partial charge is 0.396 e. The molecule has 0 radical (unpaired) electrons. The number of aliphatic hydroxyl groups is 1. The lowest BCUT2D eigenvalue weighted by atomic mass is 9.95. The van der Waals surface area contributed by atoms with Gasteiger partial charge in [-0.05, 0) is 34.1 Å². The van der Waals surface area contributed by atoms with Crippen LogP contribution in [0.4, 0.5) is 0 Å². The van der Waals surface area contributed by atoms with Gasteiger partial charge in [-0.25, -0.2) is 0 Å². The Hall–Kier alpha value is -0.390. The number of carbonyl (C=O) groups is 1. The van der Waals surface area contributed by atoms with Gasteiger partial charge in [0.15, 0.2) is 0 Å². The van der Waals surface area contributed by atoms with Gasteiger partial charge in [0.25, 0.3) is 5.91 Å². The van der Waals surface area contributed by atoms with Crippen LogP contribution in [-0.2, 0) is 0 Å². The number of amides is 1. The van der Waals surface area contributed by atoms with Crippen LogP contribution in [0.3, 0.4) is 0 Å². The normalized spacial score (nSPS) is 11.4. The van der Waals surface area contributed by atoms with E-state index < -0.39 is 0 Å². The van der Waals surface area contributed by atoms with E-state index in [-0.39, 0.29) is 17.9 Å². The summed E-state index contributed by atoms with van der Waals surface area (Å²) in [5, 5.41) is 11.9. The van der Waals surface area contributed by atoms with Crippen molar-refractivity contribution in [3.8, 4) is 0 Å². The van der Waals surface area contributed by atoms with Crippen LogP contribution >= 0.6 is 31.9 Å². The van der Waals surface area contributed by atoms with Gasteiger partial charge in [-0.2, -0.15) is 0 Å². The predicted molar refractivity (Wildman–Crippen MR) is 75.0 cm³/mol. The molecule has 0 aliphatic heterocycles. The molecule has 0 fully saturated rings. The van der Waals surface area contributed by atoms with Crippen molar-refractivity contribution >= 4 is 37.8 Å². The van der Waals surface area contributed by atoms with Crippen LogP contribution < -0.4 is 5.32 Å². The summed E-state index contributed by atoms with van der Waals surface area (Å²) < 4.78 is 1.60. The van der Waals surface area contributed by atoms with Crippen LogP contribution in [0.1, 0.15) is 24.2 Å². The third-order valence-corrected chi connectivity index (χ3v) is 3.51. The minimum Gasteiger partial charge on any atom is -0.396 e. The topological polar surface area (TPSA) is 49.3 Å². The monoisotopic (exact) mass is 363 g/mol. The predicted octanol–water partition coefficient (Wildman–Crippen LogP) is 2.96. The standard InChI is InChI=1S/C12H15Br2NO2/c1-12(2,7-16)6-15-11(17)9-5-8(13)3-4-10(9)14/h3-5,16H,6-7H2,1-2H3,(H,15,17). The number of hydrogen-bond donors (Lipinski definition) is 2. The van der Waals surface area contributed by atoms with Crippen molar-refractivity contribution < 1.29 is 9.90 Å². The first kappa shape index (κ1) is 14.7. The van der Waals surface area contributed by atoms with Crippen LogP contribution in [-0.4, -0.2) is 24.2 Å². The van der Waals surface area contributed by atoms with E-state index in [9.17, 15) is 4.79 Å². The van der Waals surface area contributed by atoms with Crippen LogP contribution in [0.2, 0.25) is 0 Å². The van der Waals surface area contributed by atoms with Crippen molar-refractivity contribution in [3.05, 3.63) is 32.7 Å². The quantitative estimate of drug-likeness (QED) is 0.862. The third-order valence-electron chi connectivity index (χ3n) is 2.33. The summed E-state index contributed by atoms with van der Waals surface area (Å²) in [5.74, 6) is -0.153. The molecule has 0 atom stereocenters. The van der Waals surface area contributed by atoms with E-state index >= 15 is 0 Å². The Bertz CT molecular complexity index is 419. The fourth-order valence-corrected chi connectivity index (χ4v) is 1.93. The number of rotatable bonds is 4. The molecule has 0 unspecified atom stereocenters. The van der Waals surface area contributed by atoms with Gasteiger partial charge in [-0.1, -0.05) is 29.8 Å². The van der Waals surface area contributed by atoms with E-state index in [1.165, 1.54) is 0 Å². The fraction of sp³-hybridized carbons (Fsp3) is 0.417. The molecule has 0 heterocycles. The third kappa shape index (κ3) is 4.41. The average molecular weight is 365 g/mol. The second-order valence-electron chi connectivity index (χ2n) is 4.63. The van der Waals surface area contributed by atoms with Crippen molar-refractivity contribution in [2.45, 2.75) is 13.8 Å². The second-order valence-corrected chi connectivity index (χ2v) is 6.40. The molecule has 0 aliphatic rings. The summed E-state index contributed by atoms with van der Waals surface area (Å²) in [4.78, 5) is 11.9. The first-order valence-electron chi connectivity index (χ1n) is 5.20. The molecule has 1 aromatic carbocycles. The zero-order chi connectivity index (χ0) is 13.1. The Balaban J connectivity index is 2.74. The van der Waals surface area contributed by atoms with Crippen LogP contribution in [0.25, 0.3) is 0 Å². The van der Waals surface area contributed by atoms with Crippen LogP contribution in [0.15, 0.2) is 27.1 Å². The number of aliphatic hydroxyl groups excluding tert-OH is 1. The summed E-state index contributed by atoms with van der Waals surface area (Å²) in [7, 11) is 0. The molecule has 0 saturated heterocycles. The van der Waals surface area contributed by atoms with Gasteiger partial charge >= 0.3 is 0 Å². The molecule has 0 aliphatic carbocycles. The lowest BCUT2D eigenvalue weighted by Crippen LogP contribution is -2.36. The first-order chi connectivity index (χ1) is 7.85. The van der Waals surface area contributed by atoms with Crippen LogP contribution in [0, 0.1) is 5.41 Å². The maximum atomic E-state index is 11.9. The molecule has 0 saturated carbocycles. The van der Waals surface area contributed by atoms with Crippen molar-refractivity contribution in [3.63, 3.8) is 0 Å². The maximum absolute atomic E-state index is 11.9. The van der Waals surface area contributed by atoms with E-state index in [2.05, 4.69) is 37.2 Å². The summed E-state index contributed by atoms with van der Waals surface area (Å²) in [5.41, 5.74) is 0.266. The Labute approximate surface area is 118 Å². The summed E-state index contributed by atoms with van der Waals surface area (Å²) >= 11 is 6.67. The number of carbonyl (C=O) groups excluding carboxylic acids is 1. The number of nitrogens with one attached hydrogen (secondary N) is 1. The lowest BCUT2D eigenvalue weighted by molar-refractivity contribution is 0.0910. The smallest absolute Gasteiger partial charge is 0.252 e. The fourth-order valence-electron chi connectivity index (χ4n) is 1.14. The molecule has 0 bridgehead atoms. The van der Waals surface area contributed by atoms with E-state index in [0.717, 1.165) is 8.95 Å².